The van der Waals surface area contributed by atoms with Gasteiger partial charge in [0.05, 0.1) is 17.5 Å². The van der Waals surface area contributed by atoms with E-state index in [1.54, 1.807) is 6.20 Å². The number of aliphatic carboxylic acids is 1. The lowest BCUT2D eigenvalue weighted by Crippen LogP contribution is -2.62. The van der Waals surface area contributed by atoms with Gasteiger partial charge in [-0.2, -0.15) is 0 Å². The zero-order valence-corrected chi connectivity index (χ0v) is 20.9. The molecule has 5 N–H and O–H groups in total. The van der Waals surface area contributed by atoms with Crippen LogP contribution in [0.5, 0.6) is 0 Å². The maximum atomic E-state index is 12.3. The molecule has 0 amide bonds. The van der Waals surface area contributed by atoms with Gasteiger partial charge in [-0.1, -0.05) is 50.6 Å². The van der Waals surface area contributed by atoms with Crippen LogP contribution in [0.3, 0.4) is 0 Å². The summed E-state index contributed by atoms with van der Waals surface area (Å²) in [6.07, 6.45) is 6.74. The summed E-state index contributed by atoms with van der Waals surface area (Å²) in [7, 11) is 0. The minimum absolute atomic E-state index is 0.0339. The Labute approximate surface area is 207 Å². The molecule has 5 rings (SSSR count). The zero-order chi connectivity index (χ0) is 25.3. The predicted molar refractivity (Wildman–Crippen MR) is 136 cm³/mol. The standard InChI is InChI=1S/C29H36N2O4/c1-16-10-20-22-11-17(2)29(35,26(33)34)28(22,4)14-24(32)25(20)27(3)13-18(15-30)23(12-21(16)27)31-19-8-6-5-7-9-19/h5-10,12,15,17,20,22,24-25,32,35H,11,13-14,30H2,1-4H3,(H,33,34)/t17-,20+,22?,24?,25?,27+,28+,29+/m1/s1. The van der Waals surface area contributed by atoms with Gasteiger partial charge < -0.3 is 21.1 Å². The fourth-order valence-corrected chi connectivity index (χ4v) is 8.24. The first kappa shape index (κ1) is 24.0. The van der Waals surface area contributed by atoms with Crippen molar-refractivity contribution in [2.45, 2.75) is 58.7 Å². The van der Waals surface area contributed by atoms with E-state index in [9.17, 15) is 20.1 Å². The Morgan fingerprint density at radius 2 is 1.91 bits per heavy atom. The van der Waals surface area contributed by atoms with E-state index in [1.165, 1.54) is 0 Å². The van der Waals surface area contributed by atoms with Crippen LogP contribution < -0.4 is 5.73 Å². The van der Waals surface area contributed by atoms with Crippen LogP contribution in [0.2, 0.25) is 0 Å². The zero-order valence-electron chi connectivity index (χ0n) is 20.9. The van der Waals surface area contributed by atoms with Gasteiger partial charge in [-0.3, -0.25) is 0 Å². The number of carbonyl (C=O) groups is 1. The fourth-order valence-electron chi connectivity index (χ4n) is 8.24. The third-order valence-electron chi connectivity index (χ3n) is 9.86. The Balaban J connectivity index is 1.64. The van der Waals surface area contributed by atoms with Crippen molar-refractivity contribution in [3.05, 3.63) is 65.4 Å². The summed E-state index contributed by atoms with van der Waals surface area (Å²) in [6, 6.07) is 9.80. The average Bonchev–Trinajstić information content (AvgIpc) is 3.01. The number of para-hydroxylation sites is 1. The number of hydrogen-bond donors (Lipinski definition) is 4. The van der Waals surface area contributed by atoms with Crippen LogP contribution in [0.1, 0.15) is 47.0 Å². The first-order valence-corrected chi connectivity index (χ1v) is 12.6. The third kappa shape index (κ3) is 3.15. The summed E-state index contributed by atoms with van der Waals surface area (Å²) < 4.78 is 0. The number of allylic oxidation sites excluding steroid dienone is 5. The van der Waals surface area contributed by atoms with E-state index in [1.807, 2.05) is 44.2 Å². The van der Waals surface area contributed by atoms with E-state index in [4.69, 9.17) is 10.7 Å². The molecular formula is C29H36N2O4. The number of carboxylic acids is 1. The monoisotopic (exact) mass is 476 g/mol. The van der Waals surface area contributed by atoms with E-state index in [-0.39, 0.29) is 29.6 Å². The van der Waals surface area contributed by atoms with Crippen molar-refractivity contribution in [1.29, 1.82) is 0 Å². The Morgan fingerprint density at radius 3 is 2.54 bits per heavy atom. The van der Waals surface area contributed by atoms with Crippen LogP contribution >= 0.6 is 0 Å². The number of nitrogens with two attached hydrogens (primary N) is 1. The van der Waals surface area contributed by atoms with Gasteiger partial charge in [0.15, 0.2) is 5.60 Å². The number of aliphatic hydroxyl groups is 2. The van der Waals surface area contributed by atoms with Crippen molar-refractivity contribution >= 4 is 17.4 Å². The molecule has 0 spiro atoms. The Morgan fingerprint density at radius 1 is 1.23 bits per heavy atom. The molecule has 35 heavy (non-hydrogen) atoms. The highest BCUT2D eigenvalue weighted by Crippen LogP contribution is 2.68. The van der Waals surface area contributed by atoms with Gasteiger partial charge in [-0.25, -0.2) is 9.79 Å². The minimum atomic E-state index is -1.85. The molecule has 3 unspecified atom stereocenters. The van der Waals surface area contributed by atoms with E-state index >= 15 is 0 Å². The van der Waals surface area contributed by atoms with Crippen LogP contribution in [-0.2, 0) is 4.79 Å². The highest BCUT2D eigenvalue weighted by molar-refractivity contribution is 6.11. The molecule has 2 saturated carbocycles. The highest BCUT2D eigenvalue weighted by Gasteiger charge is 2.71. The van der Waals surface area contributed by atoms with Gasteiger partial charge in [0.2, 0.25) is 0 Å². The van der Waals surface area contributed by atoms with Crippen LogP contribution in [-0.4, -0.2) is 38.7 Å². The largest absolute Gasteiger partial charge is 0.479 e. The van der Waals surface area contributed by atoms with Crippen LogP contribution in [0.4, 0.5) is 5.69 Å². The molecule has 2 fully saturated rings. The Hall–Kier alpha value is -2.70. The molecule has 186 valence electrons. The molecule has 0 aliphatic heterocycles. The van der Waals surface area contributed by atoms with Gasteiger partial charge in [-0.15, -0.1) is 0 Å². The first-order valence-electron chi connectivity index (χ1n) is 12.6. The van der Waals surface area contributed by atoms with Crippen molar-refractivity contribution in [3.63, 3.8) is 0 Å². The highest BCUT2D eigenvalue weighted by atomic mass is 16.4. The molecule has 0 heterocycles. The molecule has 1 aromatic rings. The lowest BCUT2D eigenvalue weighted by molar-refractivity contribution is -0.194. The average molecular weight is 477 g/mol. The normalized spacial score (nSPS) is 44.8. The van der Waals surface area contributed by atoms with E-state index < -0.39 is 29.0 Å². The van der Waals surface area contributed by atoms with Crippen molar-refractivity contribution in [2.75, 3.05) is 0 Å². The molecule has 4 aliphatic rings. The second-order valence-electron chi connectivity index (χ2n) is 11.6. The number of nitrogens with zero attached hydrogens (tertiary/aromatic N) is 1. The number of benzene rings is 1. The van der Waals surface area contributed by atoms with Crippen molar-refractivity contribution in [3.8, 4) is 0 Å². The lowest BCUT2D eigenvalue weighted by Gasteiger charge is -2.59. The van der Waals surface area contributed by atoms with Crippen LogP contribution in [0.15, 0.2) is 70.4 Å². The molecule has 0 radical (unpaired) electrons. The van der Waals surface area contributed by atoms with Crippen molar-refractivity contribution in [2.24, 2.45) is 45.2 Å². The SMILES string of the molecule is CC1=C[C@@H]2C(C(O)C[C@@]3(C)C2C[C@@H](C)[C@]3(O)C(=O)O)[C@@]2(C)CC(=CN)C(=Nc3ccccc3)C=C12. The van der Waals surface area contributed by atoms with Gasteiger partial charge in [0.25, 0.3) is 0 Å². The van der Waals surface area contributed by atoms with Gasteiger partial charge in [0.1, 0.15) is 0 Å². The summed E-state index contributed by atoms with van der Waals surface area (Å²) in [5.41, 5.74) is 7.89. The first-order chi connectivity index (χ1) is 16.5. The van der Waals surface area contributed by atoms with Crippen molar-refractivity contribution < 1.29 is 20.1 Å². The lowest BCUT2D eigenvalue weighted by atomic mass is 9.46. The minimum Gasteiger partial charge on any atom is -0.479 e. The van der Waals surface area contributed by atoms with E-state index in [0.29, 0.717) is 12.8 Å². The molecule has 1 aromatic carbocycles. The Bertz CT molecular complexity index is 1180. The summed E-state index contributed by atoms with van der Waals surface area (Å²) in [5.74, 6) is -1.75. The maximum Gasteiger partial charge on any atom is 0.336 e. The summed E-state index contributed by atoms with van der Waals surface area (Å²) in [6.45, 7) is 7.98. The molecule has 6 nitrogen and oxygen atoms in total. The quantitative estimate of drug-likeness (QED) is 0.506. The second-order valence-corrected chi connectivity index (χ2v) is 11.6. The molecule has 0 saturated heterocycles. The van der Waals surface area contributed by atoms with E-state index in [0.717, 1.165) is 28.1 Å². The molecule has 0 bridgehead atoms. The van der Waals surface area contributed by atoms with Gasteiger partial charge in [-0.05, 0) is 79.5 Å². The van der Waals surface area contributed by atoms with Crippen LogP contribution in [0, 0.1) is 34.5 Å². The molecule has 8 atom stereocenters. The second kappa shape index (κ2) is 7.90. The molecular weight excluding hydrogens is 440 g/mol. The van der Waals surface area contributed by atoms with Gasteiger partial charge in [0, 0.05) is 16.7 Å². The van der Waals surface area contributed by atoms with Crippen molar-refractivity contribution in [1.82, 2.24) is 0 Å². The smallest absolute Gasteiger partial charge is 0.336 e. The molecule has 6 heteroatoms. The number of carboxylic acid groups (broad SMARTS) is 1. The number of rotatable bonds is 2. The Kier molecular flexibility index (Phi) is 5.42. The maximum absolute atomic E-state index is 12.3. The fraction of sp³-hybridized carbons (Fsp3) is 0.517. The molecule has 0 aromatic heterocycles. The predicted octanol–water partition coefficient (Wildman–Crippen LogP) is 4.37. The van der Waals surface area contributed by atoms with E-state index in [2.05, 4.69) is 26.0 Å². The number of aliphatic hydroxyl groups excluding tert-OH is 1. The van der Waals surface area contributed by atoms with Crippen LogP contribution in [0.25, 0.3) is 0 Å². The summed E-state index contributed by atoms with van der Waals surface area (Å²) in [5, 5.41) is 33.1. The van der Waals surface area contributed by atoms with Gasteiger partial charge >= 0.3 is 5.97 Å². The third-order valence-corrected chi connectivity index (χ3v) is 9.86. The number of aliphatic imine (C=N–C) groups is 1. The molecule has 4 aliphatic carbocycles. The number of fused-ring (bicyclic) bond motifs is 5. The summed E-state index contributed by atoms with van der Waals surface area (Å²) >= 11 is 0. The summed E-state index contributed by atoms with van der Waals surface area (Å²) in [4.78, 5) is 17.2. The number of hydrogen-bond acceptors (Lipinski definition) is 5. The topological polar surface area (TPSA) is 116 Å².